The summed E-state index contributed by atoms with van der Waals surface area (Å²) >= 11 is 5.87. The van der Waals surface area contributed by atoms with Crippen molar-refractivity contribution in [2.75, 3.05) is 5.32 Å². The Hall–Kier alpha value is -2.86. The summed E-state index contributed by atoms with van der Waals surface area (Å²) in [7, 11) is 1.79. The van der Waals surface area contributed by atoms with Crippen molar-refractivity contribution in [3.8, 4) is 11.5 Å². The molecule has 0 spiro atoms. The zero-order chi connectivity index (χ0) is 18.8. The molecule has 1 fully saturated rings. The highest BCUT2D eigenvalue weighted by Gasteiger charge is 2.27. The van der Waals surface area contributed by atoms with E-state index in [4.69, 9.17) is 16.3 Å². The van der Waals surface area contributed by atoms with E-state index in [-0.39, 0.29) is 5.91 Å². The number of halogens is 1. The Labute approximate surface area is 162 Å². The van der Waals surface area contributed by atoms with Crippen molar-refractivity contribution in [2.24, 2.45) is 7.05 Å². The molecule has 27 heavy (non-hydrogen) atoms. The first-order valence-corrected chi connectivity index (χ1v) is 9.20. The molecule has 1 saturated carbocycles. The number of carbonyl (C=O) groups is 1. The van der Waals surface area contributed by atoms with Gasteiger partial charge < -0.3 is 10.1 Å². The van der Waals surface area contributed by atoms with E-state index in [0.717, 1.165) is 18.4 Å². The number of benzene rings is 1. The fraction of sp³-hybridized carbons (Fsp3) is 0.250. The van der Waals surface area contributed by atoms with Gasteiger partial charge in [-0.05, 0) is 55.2 Å². The monoisotopic (exact) mass is 382 g/mol. The quantitative estimate of drug-likeness (QED) is 0.689. The molecule has 1 amide bonds. The summed E-state index contributed by atoms with van der Waals surface area (Å²) in [5, 5.41) is 7.75. The Morgan fingerprint density at radius 1 is 1.15 bits per heavy atom. The Balaban J connectivity index is 1.45. The van der Waals surface area contributed by atoms with Crippen molar-refractivity contribution >= 4 is 23.3 Å². The summed E-state index contributed by atoms with van der Waals surface area (Å²) < 4.78 is 7.34. The number of aromatic nitrogens is 3. The third-order valence-corrected chi connectivity index (χ3v) is 5.01. The standard InChI is InChI=1S/C20H19ClN4O2/c1-25-19(17(12-23-25)13-3-2-4-13)20(26)24-18-10-9-16(11-22-18)27-15-7-5-14(21)6-8-15/h5-13H,2-4H2,1H3,(H,22,24,26). The lowest BCUT2D eigenvalue weighted by molar-refractivity contribution is 0.101. The third kappa shape index (κ3) is 3.80. The number of carbonyl (C=O) groups excluding carboxylic acids is 1. The lowest BCUT2D eigenvalue weighted by atomic mass is 9.80. The Morgan fingerprint density at radius 3 is 2.52 bits per heavy atom. The number of amides is 1. The molecule has 0 unspecified atom stereocenters. The SMILES string of the molecule is Cn1ncc(C2CCC2)c1C(=O)Nc1ccc(Oc2ccc(Cl)cc2)cn1. The second-order valence-corrected chi connectivity index (χ2v) is 7.03. The van der Waals surface area contributed by atoms with Crippen molar-refractivity contribution in [3.63, 3.8) is 0 Å². The number of rotatable bonds is 5. The second kappa shape index (κ2) is 7.40. The molecule has 138 valence electrons. The summed E-state index contributed by atoms with van der Waals surface area (Å²) in [6, 6.07) is 10.5. The molecule has 4 rings (SSSR count). The van der Waals surface area contributed by atoms with Crippen LogP contribution in [0.2, 0.25) is 5.02 Å². The molecule has 0 radical (unpaired) electrons. The number of anilines is 1. The van der Waals surface area contributed by atoms with Gasteiger partial charge in [-0.1, -0.05) is 18.0 Å². The molecule has 0 aliphatic heterocycles. The van der Waals surface area contributed by atoms with E-state index < -0.39 is 0 Å². The number of ether oxygens (including phenoxy) is 1. The van der Waals surface area contributed by atoms with Crippen molar-refractivity contribution in [2.45, 2.75) is 25.2 Å². The van der Waals surface area contributed by atoms with Crippen LogP contribution >= 0.6 is 11.6 Å². The average Bonchev–Trinajstić information content (AvgIpc) is 2.98. The van der Waals surface area contributed by atoms with Gasteiger partial charge in [0, 0.05) is 17.6 Å². The van der Waals surface area contributed by atoms with Crippen molar-refractivity contribution in [3.05, 3.63) is 65.1 Å². The predicted octanol–water partition coefficient (Wildman–Crippen LogP) is 4.78. The van der Waals surface area contributed by atoms with Crippen LogP contribution in [0.4, 0.5) is 5.82 Å². The molecule has 1 aromatic carbocycles. The molecule has 0 bridgehead atoms. The maximum absolute atomic E-state index is 12.7. The smallest absolute Gasteiger partial charge is 0.275 e. The number of nitrogens with zero attached hydrogens (tertiary/aromatic N) is 3. The summed E-state index contributed by atoms with van der Waals surface area (Å²) in [6.07, 6.45) is 6.80. The fourth-order valence-electron chi connectivity index (χ4n) is 3.08. The van der Waals surface area contributed by atoms with E-state index in [0.29, 0.717) is 34.0 Å². The second-order valence-electron chi connectivity index (χ2n) is 6.59. The number of hydrogen-bond donors (Lipinski definition) is 1. The number of nitrogens with one attached hydrogen (secondary N) is 1. The van der Waals surface area contributed by atoms with Gasteiger partial charge in [-0.2, -0.15) is 5.10 Å². The summed E-state index contributed by atoms with van der Waals surface area (Å²) in [5.74, 6) is 1.94. The lowest BCUT2D eigenvalue weighted by Crippen LogP contribution is -2.21. The molecule has 2 heterocycles. The van der Waals surface area contributed by atoms with Crippen LogP contribution in [-0.4, -0.2) is 20.7 Å². The normalized spacial score (nSPS) is 13.9. The zero-order valence-electron chi connectivity index (χ0n) is 14.9. The first kappa shape index (κ1) is 17.5. The number of pyridine rings is 1. The fourth-order valence-corrected chi connectivity index (χ4v) is 3.21. The van der Waals surface area contributed by atoms with Crippen LogP contribution in [0.25, 0.3) is 0 Å². The molecule has 2 aromatic heterocycles. The van der Waals surface area contributed by atoms with Gasteiger partial charge in [-0.25, -0.2) is 4.98 Å². The molecule has 0 atom stereocenters. The minimum Gasteiger partial charge on any atom is -0.456 e. The van der Waals surface area contributed by atoms with Gasteiger partial charge in [-0.3, -0.25) is 9.48 Å². The predicted molar refractivity (Wildman–Crippen MR) is 104 cm³/mol. The first-order chi connectivity index (χ1) is 13.1. The van der Waals surface area contributed by atoms with Crippen LogP contribution < -0.4 is 10.1 Å². The van der Waals surface area contributed by atoms with Crippen LogP contribution in [0.15, 0.2) is 48.8 Å². The molecule has 1 aliphatic rings. The van der Waals surface area contributed by atoms with E-state index >= 15 is 0 Å². The maximum Gasteiger partial charge on any atom is 0.275 e. The maximum atomic E-state index is 12.7. The number of aryl methyl sites for hydroxylation is 1. The topological polar surface area (TPSA) is 69.0 Å². The third-order valence-electron chi connectivity index (χ3n) is 4.75. The summed E-state index contributed by atoms with van der Waals surface area (Å²) in [6.45, 7) is 0. The van der Waals surface area contributed by atoms with Gasteiger partial charge in [0.15, 0.2) is 0 Å². The van der Waals surface area contributed by atoms with Crippen molar-refractivity contribution in [1.82, 2.24) is 14.8 Å². The molecule has 1 N–H and O–H groups in total. The Bertz CT molecular complexity index is 947. The van der Waals surface area contributed by atoms with E-state index in [9.17, 15) is 4.79 Å². The van der Waals surface area contributed by atoms with Gasteiger partial charge in [-0.15, -0.1) is 0 Å². The minimum absolute atomic E-state index is 0.198. The van der Waals surface area contributed by atoms with Crippen LogP contribution in [0.3, 0.4) is 0 Å². The van der Waals surface area contributed by atoms with Crippen LogP contribution in [0, 0.1) is 0 Å². The van der Waals surface area contributed by atoms with Gasteiger partial charge in [0.05, 0.1) is 12.4 Å². The Kier molecular flexibility index (Phi) is 4.81. The van der Waals surface area contributed by atoms with E-state index in [1.807, 2.05) is 0 Å². The molecule has 7 heteroatoms. The summed E-state index contributed by atoms with van der Waals surface area (Å²) in [4.78, 5) is 17.0. The zero-order valence-corrected chi connectivity index (χ0v) is 15.6. The average molecular weight is 383 g/mol. The van der Waals surface area contributed by atoms with E-state index in [2.05, 4.69) is 15.4 Å². The highest BCUT2D eigenvalue weighted by Crippen LogP contribution is 2.38. The Morgan fingerprint density at radius 2 is 1.89 bits per heavy atom. The molecular weight excluding hydrogens is 364 g/mol. The molecule has 6 nitrogen and oxygen atoms in total. The van der Waals surface area contributed by atoms with E-state index in [1.54, 1.807) is 60.5 Å². The van der Waals surface area contributed by atoms with Gasteiger partial charge in [0.25, 0.3) is 5.91 Å². The van der Waals surface area contributed by atoms with Crippen LogP contribution in [0.5, 0.6) is 11.5 Å². The molecular formula is C20H19ClN4O2. The number of hydrogen-bond acceptors (Lipinski definition) is 4. The van der Waals surface area contributed by atoms with Gasteiger partial charge in [0.2, 0.25) is 0 Å². The molecule has 1 aliphatic carbocycles. The van der Waals surface area contributed by atoms with E-state index in [1.165, 1.54) is 6.42 Å². The summed E-state index contributed by atoms with van der Waals surface area (Å²) in [5.41, 5.74) is 1.62. The minimum atomic E-state index is -0.198. The molecule has 0 saturated heterocycles. The van der Waals surface area contributed by atoms with Crippen LogP contribution in [0.1, 0.15) is 41.2 Å². The first-order valence-electron chi connectivity index (χ1n) is 8.83. The van der Waals surface area contributed by atoms with Gasteiger partial charge >= 0.3 is 0 Å². The highest BCUT2D eigenvalue weighted by molar-refractivity contribution is 6.30. The molecule has 3 aromatic rings. The largest absolute Gasteiger partial charge is 0.456 e. The van der Waals surface area contributed by atoms with Crippen molar-refractivity contribution < 1.29 is 9.53 Å². The highest BCUT2D eigenvalue weighted by atomic mass is 35.5. The van der Waals surface area contributed by atoms with Crippen molar-refractivity contribution in [1.29, 1.82) is 0 Å². The van der Waals surface area contributed by atoms with Crippen LogP contribution in [-0.2, 0) is 7.05 Å². The van der Waals surface area contributed by atoms with Gasteiger partial charge in [0.1, 0.15) is 23.0 Å². The lowest BCUT2D eigenvalue weighted by Gasteiger charge is -2.25.